The van der Waals surface area contributed by atoms with Crippen molar-refractivity contribution in [3.8, 4) is 28.7 Å². The van der Waals surface area contributed by atoms with E-state index in [1.54, 1.807) is 18.2 Å². The highest BCUT2D eigenvalue weighted by molar-refractivity contribution is 6.04. The number of carbonyl (C=O) groups is 1. The van der Waals surface area contributed by atoms with Crippen LogP contribution in [0.2, 0.25) is 0 Å². The minimum atomic E-state index is -0.625. The lowest BCUT2D eigenvalue weighted by molar-refractivity contribution is 0.0844. The fourth-order valence-electron chi connectivity index (χ4n) is 3.71. The average Bonchev–Trinajstić information content (AvgIpc) is 2.73. The summed E-state index contributed by atoms with van der Waals surface area (Å²) in [5, 5.41) is 31.1. The normalized spacial score (nSPS) is 16.4. The van der Waals surface area contributed by atoms with Crippen molar-refractivity contribution < 1.29 is 29.6 Å². The molecule has 32 heavy (non-hydrogen) atoms. The second-order valence-electron chi connectivity index (χ2n) is 8.39. The van der Waals surface area contributed by atoms with Crippen molar-refractivity contribution in [2.45, 2.75) is 46.1 Å². The zero-order valence-corrected chi connectivity index (χ0v) is 18.9. The minimum Gasteiger partial charge on any atom is -0.507 e. The maximum atomic E-state index is 12.9. The smallest absolute Gasteiger partial charge is 0.174 e. The third-order valence-corrected chi connectivity index (χ3v) is 5.54. The van der Waals surface area contributed by atoms with Crippen LogP contribution in [-0.2, 0) is 0 Å². The van der Waals surface area contributed by atoms with Gasteiger partial charge in [-0.2, -0.15) is 0 Å². The number of hydrogen-bond donors (Lipinski definition) is 3. The molecule has 6 nitrogen and oxygen atoms in total. The fraction of sp³-hybridized carbons (Fsp3) is 0.346. The van der Waals surface area contributed by atoms with Crippen LogP contribution in [0.4, 0.5) is 0 Å². The first-order chi connectivity index (χ1) is 15.2. The average molecular weight is 439 g/mol. The van der Waals surface area contributed by atoms with E-state index in [0.717, 1.165) is 12.8 Å². The Hall–Kier alpha value is -3.41. The lowest BCUT2D eigenvalue weighted by Crippen LogP contribution is -2.20. The Labute approximate surface area is 188 Å². The van der Waals surface area contributed by atoms with Crippen molar-refractivity contribution in [2.75, 3.05) is 7.11 Å². The molecule has 0 amide bonds. The number of Topliss-reactive ketones (excluding diaryl/α,β-unsaturated/α-hetero) is 1. The van der Waals surface area contributed by atoms with E-state index >= 15 is 0 Å². The van der Waals surface area contributed by atoms with Gasteiger partial charge in [-0.25, -0.2) is 0 Å². The van der Waals surface area contributed by atoms with Gasteiger partial charge in [0.2, 0.25) is 0 Å². The number of rotatable bonds is 7. The number of phenolic OH excluding ortho intramolecular Hbond substituents is 3. The van der Waals surface area contributed by atoms with Gasteiger partial charge in [0, 0.05) is 6.07 Å². The van der Waals surface area contributed by atoms with Crippen LogP contribution in [0, 0.1) is 5.92 Å². The molecular weight excluding hydrogens is 408 g/mol. The molecule has 2 aromatic rings. The van der Waals surface area contributed by atoms with E-state index in [1.807, 2.05) is 6.08 Å². The third kappa shape index (κ3) is 5.07. The molecule has 0 aliphatic carbocycles. The molecule has 0 radical (unpaired) electrons. The number of benzene rings is 2. The first-order valence-electron chi connectivity index (χ1n) is 10.7. The zero-order valence-electron chi connectivity index (χ0n) is 18.9. The van der Waals surface area contributed by atoms with Crippen LogP contribution in [0.15, 0.2) is 42.0 Å². The molecule has 0 saturated heterocycles. The quantitative estimate of drug-likeness (QED) is 0.465. The van der Waals surface area contributed by atoms with Gasteiger partial charge in [0.05, 0.1) is 19.1 Å². The lowest BCUT2D eigenvalue weighted by Gasteiger charge is -2.27. The van der Waals surface area contributed by atoms with Gasteiger partial charge in [0.1, 0.15) is 28.9 Å². The second kappa shape index (κ2) is 9.81. The van der Waals surface area contributed by atoms with E-state index in [1.165, 1.54) is 24.8 Å². The van der Waals surface area contributed by atoms with Crippen molar-refractivity contribution in [3.05, 3.63) is 58.7 Å². The van der Waals surface area contributed by atoms with Crippen LogP contribution in [0.1, 0.15) is 67.6 Å². The molecule has 3 rings (SSSR count). The van der Waals surface area contributed by atoms with E-state index in [0.29, 0.717) is 5.56 Å². The SMILES string of the molecule is COc1cc(C2CC(=O)c3c(cc(O)c(C=CC(C)CCC=C(C)C)c3O)O2)ccc1O. The summed E-state index contributed by atoms with van der Waals surface area (Å²) in [6, 6.07) is 6.09. The lowest BCUT2D eigenvalue weighted by atomic mass is 9.93. The molecule has 0 bridgehead atoms. The van der Waals surface area contributed by atoms with E-state index < -0.39 is 6.10 Å². The summed E-state index contributed by atoms with van der Waals surface area (Å²) in [5.41, 5.74) is 2.20. The standard InChI is InChI=1S/C26H30O6/c1-15(2)6-5-7-16(3)8-10-18-20(28)13-24-25(26(18)30)21(29)14-22(32-24)17-9-11-19(27)23(12-17)31-4/h6,8-13,16,22,27-28,30H,5,7,14H2,1-4H3. The van der Waals surface area contributed by atoms with Crippen LogP contribution >= 0.6 is 0 Å². The van der Waals surface area contributed by atoms with E-state index in [2.05, 4.69) is 26.8 Å². The van der Waals surface area contributed by atoms with Gasteiger partial charge in [-0.3, -0.25) is 4.79 Å². The maximum Gasteiger partial charge on any atom is 0.174 e. The van der Waals surface area contributed by atoms with Crippen LogP contribution in [0.3, 0.4) is 0 Å². The van der Waals surface area contributed by atoms with Gasteiger partial charge in [-0.15, -0.1) is 0 Å². The van der Waals surface area contributed by atoms with Crippen LogP contribution < -0.4 is 9.47 Å². The van der Waals surface area contributed by atoms with Crippen molar-refractivity contribution in [1.29, 1.82) is 0 Å². The Morgan fingerprint density at radius 2 is 1.97 bits per heavy atom. The molecule has 0 fully saturated rings. The molecule has 2 aromatic carbocycles. The van der Waals surface area contributed by atoms with Gasteiger partial charge in [0.25, 0.3) is 0 Å². The summed E-state index contributed by atoms with van der Waals surface area (Å²) in [6.45, 7) is 6.18. The van der Waals surface area contributed by atoms with Crippen molar-refractivity contribution in [2.24, 2.45) is 5.92 Å². The largest absolute Gasteiger partial charge is 0.507 e. The molecule has 1 aliphatic rings. The molecule has 170 valence electrons. The molecular formula is C26H30O6. The van der Waals surface area contributed by atoms with E-state index in [-0.39, 0.29) is 58.0 Å². The summed E-state index contributed by atoms with van der Waals surface area (Å²) in [4.78, 5) is 12.9. The molecule has 1 aliphatic heterocycles. The highest BCUT2D eigenvalue weighted by Gasteiger charge is 2.32. The highest BCUT2D eigenvalue weighted by Crippen LogP contribution is 2.45. The summed E-state index contributed by atoms with van der Waals surface area (Å²) < 4.78 is 11.1. The predicted octanol–water partition coefficient (Wildman–Crippen LogP) is 5.91. The van der Waals surface area contributed by atoms with Crippen LogP contribution in [0.25, 0.3) is 6.08 Å². The highest BCUT2D eigenvalue weighted by atomic mass is 16.5. The number of aromatic hydroxyl groups is 3. The Bertz CT molecular complexity index is 1060. The molecule has 2 unspecified atom stereocenters. The van der Waals surface area contributed by atoms with Crippen molar-refractivity contribution in [3.63, 3.8) is 0 Å². The Kier molecular flexibility index (Phi) is 7.13. The number of methoxy groups -OCH3 is 1. The molecule has 0 saturated carbocycles. The van der Waals surface area contributed by atoms with Gasteiger partial charge in [-0.1, -0.05) is 36.8 Å². The molecule has 2 atom stereocenters. The number of phenols is 3. The fourth-order valence-corrected chi connectivity index (χ4v) is 3.71. The number of carbonyl (C=O) groups excluding carboxylic acids is 1. The summed E-state index contributed by atoms with van der Waals surface area (Å²) in [5.74, 6) is -0.102. The van der Waals surface area contributed by atoms with Gasteiger partial charge >= 0.3 is 0 Å². The number of hydrogen-bond acceptors (Lipinski definition) is 6. The monoisotopic (exact) mass is 438 g/mol. The maximum absolute atomic E-state index is 12.9. The molecule has 0 spiro atoms. The number of allylic oxidation sites excluding steroid dienone is 3. The van der Waals surface area contributed by atoms with Gasteiger partial charge in [0.15, 0.2) is 17.3 Å². The number of fused-ring (bicyclic) bond motifs is 1. The number of ether oxygens (including phenoxy) is 2. The molecule has 6 heteroatoms. The van der Waals surface area contributed by atoms with Gasteiger partial charge in [-0.05, 0) is 50.3 Å². The van der Waals surface area contributed by atoms with Crippen LogP contribution in [-0.4, -0.2) is 28.2 Å². The molecule has 3 N–H and O–H groups in total. The zero-order chi connectivity index (χ0) is 23.4. The summed E-state index contributed by atoms with van der Waals surface area (Å²) >= 11 is 0. The third-order valence-electron chi connectivity index (χ3n) is 5.54. The molecule has 0 aromatic heterocycles. The number of ketones is 1. The molecule has 1 heterocycles. The first kappa shape index (κ1) is 23.3. The Morgan fingerprint density at radius 3 is 2.66 bits per heavy atom. The van der Waals surface area contributed by atoms with Crippen molar-refractivity contribution >= 4 is 11.9 Å². The second-order valence-corrected chi connectivity index (χ2v) is 8.39. The first-order valence-corrected chi connectivity index (χ1v) is 10.7. The summed E-state index contributed by atoms with van der Waals surface area (Å²) in [6.07, 6.45) is 7.03. The van der Waals surface area contributed by atoms with Crippen molar-refractivity contribution in [1.82, 2.24) is 0 Å². The summed E-state index contributed by atoms with van der Waals surface area (Å²) in [7, 11) is 1.44. The Balaban J connectivity index is 1.85. The minimum absolute atomic E-state index is 0.0133. The van der Waals surface area contributed by atoms with Gasteiger partial charge < -0.3 is 24.8 Å². The Morgan fingerprint density at radius 1 is 1.22 bits per heavy atom. The van der Waals surface area contributed by atoms with E-state index in [4.69, 9.17) is 9.47 Å². The van der Waals surface area contributed by atoms with Crippen LogP contribution in [0.5, 0.6) is 28.7 Å². The topological polar surface area (TPSA) is 96.2 Å². The predicted molar refractivity (Wildman–Crippen MR) is 124 cm³/mol. The van der Waals surface area contributed by atoms with E-state index in [9.17, 15) is 20.1 Å².